The maximum absolute atomic E-state index is 12.8. The minimum atomic E-state index is -0.492. The van der Waals surface area contributed by atoms with Gasteiger partial charge in [0.15, 0.2) is 5.75 Å². The van der Waals surface area contributed by atoms with E-state index in [1.54, 1.807) is 28.8 Å². The van der Waals surface area contributed by atoms with Gasteiger partial charge in [0, 0.05) is 23.7 Å². The molecule has 0 bridgehead atoms. The van der Waals surface area contributed by atoms with Crippen LogP contribution < -0.4 is 15.6 Å². The molecule has 0 aliphatic rings. The molecule has 0 saturated carbocycles. The topological polar surface area (TPSA) is 80.6 Å². The Hall–Kier alpha value is -3.54. The first-order valence-electron chi connectivity index (χ1n) is 10.5. The minimum Gasteiger partial charge on any atom is -0.500 e. The van der Waals surface area contributed by atoms with Gasteiger partial charge >= 0.3 is 0 Å². The Bertz CT molecular complexity index is 1130. The summed E-state index contributed by atoms with van der Waals surface area (Å²) in [6.45, 7) is 2.61. The van der Waals surface area contributed by atoms with E-state index < -0.39 is 11.3 Å². The summed E-state index contributed by atoms with van der Waals surface area (Å²) in [6.07, 6.45) is 7.21. The maximum Gasteiger partial charge on any atom is 0.297 e. The van der Waals surface area contributed by atoms with Crippen LogP contribution in [-0.4, -0.2) is 22.7 Å². The fraction of sp³-hybridized carbons (Fsp3) is 0.280. The van der Waals surface area contributed by atoms with Crippen molar-refractivity contribution in [1.82, 2.24) is 4.57 Å². The number of unbranched alkanes of at least 4 members (excludes halogenated alkanes) is 3. The molecule has 3 rings (SSSR count). The lowest BCUT2D eigenvalue weighted by Gasteiger charge is -2.15. The number of ether oxygens (including phenoxy) is 1. The standard InChI is InChI=1S/C25H28N2O4/c1-3-4-5-9-16-27-21-17-19(13-14-20(21)24(31-2)23(29)25(27)30)26-22(28)15-12-18-10-7-6-8-11-18/h6-8,10-15,17,29H,3-5,9,16H2,1-2H3,(H,26,28). The van der Waals surface area contributed by atoms with Gasteiger partial charge in [-0.25, -0.2) is 0 Å². The zero-order chi connectivity index (χ0) is 22.2. The SMILES string of the molecule is CCCCCCn1c(=O)c(O)c(OC)c2ccc(NC(=O)C=Cc3ccccc3)cc21. The molecule has 0 spiro atoms. The summed E-state index contributed by atoms with van der Waals surface area (Å²) in [5.41, 5.74) is 1.61. The predicted molar refractivity (Wildman–Crippen MR) is 125 cm³/mol. The lowest BCUT2D eigenvalue weighted by molar-refractivity contribution is -0.111. The quantitative estimate of drug-likeness (QED) is 0.379. The molecule has 3 aromatic rings. The molecule has 1 heterocycles. The number of carbonyl (C=O) groups excluding carboxylic acids is 1. The minimum absolute atomic E-state index is 0.145. The van der Waals surface area contributed by atoms with E-state index in [-0.39, 0.29) is 11.7 Å². The molecule has 0 fully saturated rings. The third-order valence-electron chi connectivity index (χ3n) is 5.13. The largest absolute Gasteiger partial charge is 0.500 e. The van der Waals surface area contributed by atoms with Crippen molar-refractivity contribution < 1.29 is 14.6 Å². The molecule has 6 nitrogen and oxygen atoms in total. The number of hydrogen-bond donors (Lipinski definition) is 2. The van der Waals surface area contributed by atoms with E-state index in [0.717, 1.165) is 31.2 Å². The molecule has 162 valence electrons. The van der Waals surface area contributed by atoms with Crippen LogP contribution in [0, 0.1) is 0 Å². The molecular formula is C25H28N2O4. The van der Waals surface area contributed by atoms with Gasteiger partial charge in [0.25, 0.3) is 5.56 Å². The molecule has 1 amide bonds. The summed E-state index contributed by atoms with van der Waals surface area (Å²) >= 11 is 0. The van der Waals surface area contributed by atoms with Crippen molar-refractivity contribution in [2.75, 3.05) is 12.4 Å². The number of nitrogens with one attached hydrogen (secondary N) is 1. The van der Waals surface area contributed by atoms with Crippen LogP contribution in [0.5, 0.6) is 11.5 Å². The van der Waals surface area contributed by atoms with Crippen LogP contribution in [0.15, 0.2) is 59.4 Å². The number of anilines is 1. The average Bonchev–Trinajstić information content (AvgIpc) is 2.79. The highest BCUT2D eigenvalue weighted by Gasteiger charge is 2.17. The number of nitrogens with zero attached hydrogens (tertiary/aromatic N) is 1. The zero-order valence-corrected chi connectivity index (χ0v) is 17.9. The number of aryl methyl sites for hydroxylation is 1. The fourth-order valence-corrected chi connectivity index (χ4v) is 3.53. The van der Waals surface area contributed by atoms with Crippen LogP contribution in [-0.2, 0) is 11.3 Å². The molecule has 2 aromatic carbocycles. The average molecular weight is 421 g/mol. The molecule has 0 saturated heterocycles. The molecule has 2 N–H and O–H groups in total. The second-order valence-electron chi connectivity index (χ2n) is 7.36. The first-order chi connectivity index (χ1) is 15.0. The number of fused-ring (bicyclic) bond motifs is 1. The number of methoxy groups -OCH3 is 1. The van der Waals surface area contributed by atoms with Crippen molar-refractivity contribution in [1.29, 1.82) is 0 Å². The van der Waals surface area contributed by atoms with Gasteiger partial charge in [-0.2, -0.15) is 0 Å². The molecule has 0 atom stereocenters. The molecule has 0 aliphatic carbocycles. The number of carbonyl (C=O) groups is 1. The first kappa shape index (κ1) is 22.2. The number of amides is 1. The Morgan fingerprint density at radius 2 is 1.90 bits per heavy atom. The number of benzene rings is 2. The molecule has 0 unspecified atom stereocenters. The fourth-order valence-electron chi connectivity index (χ4n) is 3.53. The van der Waals surface area contributed by atoms with Crippen LogP contribution >= 0.6 is 0 Å². The van der Waals surface area contributed by atoms with E-state index in [9.17, 15) is 14.7 Å². The second-order valence-corrected chi connectivity index (χ2v) is 7.36. The van der Waals surface area contributed by atoms with E-state index in [0.29, 0.717) is 23.1 Å². The van der Waals surface area contributed by atoms with Gasteiger partial charge in [-0.15, -0.1) is 0 Å². The Morgan fingerprint density at radius 3 is 2.61 bits per heavy atom. The first-order valence-corrected chi connectivity index (χ1v) is 10.5. The Morgan fingerprint density at radius 1 is 1.13 bits per heavy atom. The van der Waals surface area contributed by atoms with Crippen LogP contribution in [0.1, 0.15) is 38.2 Å². The summed E-state index contributed by atoms with van der Waals surface area (Å²) in [5.74, 6) is -0.523. The summed E-state index contributed by atoms with van der Waals surface area (Å²) in [6, 6.07) is 14.8. The van der Waals surface area contributed by atoms with E-state index in [4.69, 9.17) is 4.74 Å². The molecule has 1 aromatic heterocycles. The van der Waals surface area contributed by atoms with Crippen LogP contribution in [0.25, 0.3) is 17.0 Å². The van der Waals surface area contributed by atoms with Crippen molar-refractivity contribution in [3.05, 3.63) is 70.5 Å². The smallest absolute Gasteiger partial charge is 0.297 e. The Labute approximate surface area is 181 Å². The second kappa shape index (κ2) is 10.5. The summed E-state index contributed by atoms with van der Waals surface area (Å²) in [7, 11) is 1.42. The summed E-state index contributed by atoms with van der Waals surface area (Å²) in [5, 5.41) is 13.8. The van der Waals surface area contributed by atoms with Crippen LogP contribution in [0.4, 0.5) is 5.69 Å². The van der Waals surface area contributed by atoms with Crippen LogP contribution in [0.2, 0.25) is 0 Å². The van der Waals surface area contributed by atoms with Gasteiger partial charge in [-0.1, -0.05) is 56.5 Å². The van der Waals surface area contributed by atoms with Crippen molar-refractivity contribution in [2.24, 2.45) is 0 Å². The maximum atomic E-state index is 12.8. The van der Waals surface area contributed by atoms with Crippen molar-refractivity contribution in [3.8, 4) is 11.5 Å². The summed E-state index contributed by atoms with van der Waals surface area (Å²) < 4.78 is 6.84. The molecule has 31 heavy (non-hydrogen) atoms. The number of pyridine rings is 1. The highest BCUT2D eigenvalue weighted by atomic mass is 16.5. The molecule has 0 radical (unpaired) electrons. The van der Waals surface area contributed by atoms with E-state index >= 15 is 0 Å². The van der Waals surface area contributed by atoms with E-state index in [1.165, 1.54) is 13.2 Å². The van der Waals surface area contributed by atoms with Gasteiger partial charge in [-0.3, -0.25) is 9.59 Å². The molecule has 6 heteroatoms. The zero-order valence-electron chi connectivity index (χ0n) is 17.9. The highest BCUT2D eigenvalue weighted by molar-refractivity contribution is 6.03. The lowest BCUT2D eigenvalue weighted by atomic mass is 10.1. The summed E-state index contributed by atoms with van der Waals surface area (Å²) in [4.78, 5) is 25.1. The molecule has 0 aliphatic heterocycles. The number of hydrogen-bond acceptors (Lipinski definition) is 4. The Balaban J connectivity index is 1.91. The van der Waals surface area contributed by atoms with Gasteiger partial charge < -0.3 is 19.7 Å². The van der Waals surface area contributed by atoms with Crippen LogP contribution in [0.3, 0.4) is 0 Å². The highest BCUT2D eigenvalue weighted by Crippen LogP contribution is 2.33. The van der Waals surface area contributed by atoms with E-state index in [1.807, 2.05) is 30.3 Å². The normalized spacial score (nSPS) is 11.2. The monoisotopic (exact) mass is 420 g/mol. The van der Waals surface area contributed by atoms with Gasteiger partial charge in [0.2, 0.25) is 11.7 Å². The van der Waals surface area contributed by atoms with Crippen molar-refractivity contribution in [3.63, 3.8) is 0 Å². The molecular weight excluding hydrogens is 392 g/mol. The lowest BCUT2D eigenvalue weighted by Crippen LogP contribution is -2.21. The van der Waals surface area contributed by atoms with Crippen molar-refractivity contribution in [2.45, 2.75) is 39.2 Å². The van der Waals surface area contributed by atoms with E-state index in [2.05, 4.69) is 12.2 Å². The van der Waals surface area contributed by atoms with Crippen molar-refractivity contribution >= 4 is 28.6 Å². The number of aromatic nitrogens is 1. The van der Waals surface area contributed by atoms with Gasteiger partial charge in [0.05, 0.1) is 12.6 Å². The third-order valence-corrected chi connectivity index (χ3v) is 5.13. The predicted octanol–water partition coefficient (Wildman–Crippen LogP) is 4.95. The van der Waals surface area contributed by atoms with Gasteiger partial charge in [0.1, 0.15) is 0 Å². The number of aromatic hydroxyl groups is 1. The Kier molecular flexibility index (Phi) is 7.49. The number of rotatable bonds is 9. The third kappa shape index (κ3) is 5.34. The van der Waals surface area contributed by atoms with Gasteiger partial charge in [-0.05, 0) is 36.3 Å².